The third-order valence-corrected chi connectivity index (χ3v) is 3.24. The number of halogens is 1. The van der Waals surface area contributed by atoms with E-state index >= 15 is 0 Å². The molecular weight excluding hydrogens is 255 g/mol. The van der Waals surface area contributed by atoms with Gasteiger partial charge in [-0.3, -0.25) is 0 Å². The van der Waals surface area contributed by atoms with Crippen molar-refractivity contribution >= 4 is 0 Å². The van der Waals surface area contributed by atoms with Crippen molar-refractivity contribution in [2.75, 3.05) is 0 Å². The van der Waals surface area contributed by atoms with E-state index in [0.29, 0.717) is 17.2 Å². The van der Waals surface area contributed by atoms with Gasteiger partial charge in [-0.05, 0) is 36.1 Å². The van der Waals surface area contributed by atoms with Gasteiger partial charge in [0.1, 0.15) is 5.75 Å². The zero-order valence-electron chi connectivity index (χ0n) is 12.0. The van der Waals surface area contributed by atoms with Gasteiger partial charge in [0.05, 0.1) is 0 Å². The number of hydrogen-bond acceptors (Lipinski definition) is 3. The predicted molar refractivity (Wildman–Crippen MR) is 77.4 cm³/mol. The lowest BCUT2D eigenvalue weighted by atomic mass is 10.0. The van der Waals surface area contributed by atoms with Crippen molar-refractivity contribution in [3.8, 4) is 11.6 Å². The Hall–Kier alpha value is -1.94. The van der Waals surface area contributed by atoms with Crippen LogP contribution in [0.2, 0.25) is 0 Å². The number of benzene rings is 1. The van der Waals surface area contributed by atoms with Crippen LogP contribution in [0.5, 0.6) is 11.6 Å². The molecule has 2 aromatic rings. The van der Waals surface area contributed by atoms with Crippen molar-refractivity contribution in [1.29, 1.82) is 0 Å². The summed E-state index contributed by atoms with van der Waals surface area (Å²) in [7, 11) is 0. The molecule has 0 saturated carbocycles. The molecule has 20 heavy (non-hydrogen) atoms. The van der Waals surface area contributed by atoms with E-state index in [-0.39, 0.29) is 12.4 Å². The summed E-state index contributed by atoms with van der Waals surface area (Å²) in [5, 5.41) is 0. The molecule has 0 radical (unpaired) electrons. The fraction of sp³-hybridized carbons (Fsp3) is 0.312. The van der Waals surface area contributed by atoms with Crippen molar-refractivity contribution in [2.45, 2.75) is 33.2 Å². The molecule has 0 fully saturated rings. The summed E-state index contributed by atoms with van der Waals surface area (Å²) in [6.45, 7) is 6.24. The molecule has 1 aromatic carbocycles. The molecule has 0 spiro atoms. The largest absolute Gasteiger partial charge is 0.436 e. The SMILES string of the molecule is Cc1ccc(C(C)C)cc1Oc1nccc(CN)c1F. The summed E-state index contributed by atoms with van der Waals surface area (Å²) in [5.41, 5.74) is 7.96. The van der Waals surface area contributed by atoms with Crippen molar-refractivity contribution < 1.29 is 9.13 Å². The number of aryl methyl sites for hydroxylation is 1. The van der Waals surface area contributed by atoms with Crippen molar-refractivity contribution in [3.63, 3.8) is 0 Å². The predicted octanol–water partition coefficient (Wildman–Crippen LogP) is 3.90. The first kappa shape index (κ1) is 14.5. The number of nitrogens with two attached hydrogens (primary N) is 1. The molecule has 0 unspecified atom stereocenters. The van der Waals surface area contributed by atoms with Gasteiger partial charge in [0.15, 0.2) is 5.82 Å². The molecule has 3 nitrogen and oxygen atoms in total. The molecule has 0 amide bonds. The third kappa shape index (κ3) is 2.96. The van der Waals surface area contributed by atoms with Crippen LogP contribution in [0.15, 0.2) is 30.5 Å². The van der Waals surface area contributed by atoms with Crippen LogP contribution in [-0.4, -0.2) is 4.98 Å². The molecule has 0 atom stereocenters. The summed E-state index contributed by atoms with van der Waals surface area (Å²) in [4.78, 5) is 3.95. The molecule has 1 heterocycles. The molecule has 0 aliphatic carbocycles. The standard InChI is InChI=1S/C16H19FN2O/c1-10(2)12-5-4-11(3)14(8-12)20-16-15(17)13(9-18)6-7-19-16/h4-8,10H,9,18H2,1-3H3. The van der Waals surface area contributed by atoms with Crippen molar-refractivity contribution in [1.82, 2.24) is 4.98 Å². The Bertz CT molecular complexity index is 611. The molecule has 0 aliphatic heterocycles. The van der Waals surface area contributed by atoms with Gasteiger partial charge in [-0.25, -0.2) is 9.37 Å². The second-order valence-electron chi connectivity index (χ2n) is 5.08. The van der Waals surface area contributed by atoms with E-state index in [1.165, 1.54) is 6.20 Å². The molecule has 1 aromatic heterocycles. The number of pyridine rings is 1. The van der Waals surface area contributed by atoms with Gasteiger partial charge >= 0.3 is 0 Å². The summed E-state index contributed by atoms with van der Waals surface area (Å²) < 4.78 is 19.7. The minimum Gasteiger partial charge on any atom is -0.436 e. The normalized spacial score (nSPS) is 10.9. The summed E-state index contributed by atoms with van der Waals surface area (Å²) in [5.74, 6) is 0.476. The second-order valence-corrected chi connectivity index (χ2v) is 5.08. The fourth-order valence-corrected chi connectivity index (χ4v) is 1.88. The van der Waals surface area contributed by atoms with Gasteiger partial charge in [0, 0.05) is 18.3 Å². The third-order valence-electron chi connectivity index (χ3n) is 3.24. The highest BCUT2D eigenvalue weighted by molar-refractivity contribution is 5.40. The first-order valence-electron chi connectivity index (χ1n) is 6.64. The number of aromatic nitrogens is 1. The maximum atomic E-state index is 14.1. The van der Waals surface area contributed by atoms with Crippen molar-refractivity contribution in [2.24, 2.45) is 5.73 Å². The molecule has 0 bridgehead atoms. The zero-order chi connectivity index (χ0) is 14.7. The molecule has 2 N–H and O–H groups in total. The minimum absolute atomic E-state index is 0.0306. The van der Waals surface area contributed by atoms with Crippen LogP contribution in [0.25, 0.3) is 0 Å². The number of rotatable bonds is 4. The highest BCUT2D eigenvalue weighted by atomic mass is 19.1. The van der Waals surface area contributed by atoms with Crippen LogP contribution < -0.4 is 10.5 Å². The Morgan fingerprint density at radius 2 is 2.05 bits per heavy atom. The van der Waals surface area contributed by atoms with E-state index in [9.17, 15) is 4.39 Å². The second kappa shape index (κ2) is 6.01. The van der Waals surface area contributed by atoms with E-state index in [1.807, 2.05) is 25.1 Å². The van der Waals surface area contributed by atoms with Crippen LogP contribution in [-0.2, 0) is 6.54 Å². The minimum atomic E-state index is -0.496. The number of ether oxygens (including phenoxy) is 1. The summed E-state index contributed by atoms with van der Waals surface area (Å²) in [6, 6.07) is 7.50. The zero-order valence-corrected chi connectivity index (χ0v) is 12.0. The summed E-state index contributed by atoms with van der Waals surface area (Å²) in [6.07, 6.45) is 1.50. The molecular formula is C16H19FN2O. The average molecular weight is 274 g/mol. The van der Waals surface area contributed by atoms with Crippen LogP contribution >= 0.6 is 0 Å². The smallest absolute Gasteiger partial charge is 0.256 e. The topological polar surface area (TPSA) is 48.1 Å². The van der Waals surface area contributed by atoms with E-state index in [4.69, 9.17) is 10.5 Å². The first-order chi connectivity index (χ1) is 9.52. The van der Waals surface area contributed by atoms with Gasteiger partial charge in [0.25, 0.3) is 5.88 Å². The van der Waals surface area contributed by atoms with Gasteiger partial charge in [-0.1, -0.05) is 26.0 Å². The maximum absolute atomic E-state index is 14.1. The first-order valence-corrected chi connectivity index (χ1v) is 6.64. The number of nitrogens with zero attached hydrogens (tertiary/aromatic N) is 1. The molecule has 0 saturated heterocycles. The van der Waals surface area contributed by atoms with Gasteiger partial charge in [-0.15, -0.1) is 0 Å². The van der Waals surface area contributed by atoms with Crippen LogP contribution in [0.1, 0.15) is 36.5 Å². The Kier molecular flexibility index (Phi) is 4.35. The lowest BCUT2D eigenvalue weighted by molar-refractivity contribution is 0.416. The average Bonchev–Trinajstić information content (AvgIpc) is 2.43. The summed E-state index contributed by atoms with van der Waals surface area (Å²) >= 11 is 0. The quantitative estimate of drug-likeness (QED) is 0.919. The number of hydrogen-bond donors (Lipinski definition) is 1. The molecule has 2 rings (SSSR count). The Morgan fingerprint density at radius 3 is 2.70 bits per heavy atom. The Balaban J connectivity index is 2.37. The van der Waals surface area contributed by atoms with Crippen LogP contribution in [0.3, 0.4) is 0 Å². The van der Waals surface area contributed by atoms with E-state index in [1.54, 1.807) is 6.07 Å². The van der Waals surface area contributed by atoms with Gasteiger partial charge in [-0.2, -0.15) is 0 Å². The monoisotopic (exact) mass is 274 g/mol. The maximum Gasteiger partial charge on any atom is 0.256 e. The Labute approximate surface area is 118 Å². The molecule has 0 aliphatic rings. The van der Waals surface area contributed by atoms with Crippen LogP contribution in [0.4, 0.5) is 4.39 Å². The highest BCUT2D eigenvalue weighted by Gasteiger charge is 2.12. The van der Waals surface area contributed by atoms with E-state index < -0.39 is 5.82 Å². The molecule has 4 heteroatoms. The van der Waals surface area contributed by atoms with E-state index in [2.05, 4.69) is 18.8 Å². The lowest BCUT2D eigenvalue weighted by Crippen LogP contribution is -2.03. The van der Waals surface area contributed by atoms with Gasteiger partial charge < -0.3 is 10.5 Å². The van der Waals surface area contributed by atoms with Gasteiger partial charge in [0.2, 0.25) is 0 Å². The fourth-order valence-electron chi connectivity index (χ4n) is 1.88. The van der Waals surface area contributed by atoms with Crippen LogP contribution in [0, 0.1) is 12.7 Å². The molecule has 106 valence electrons. The Morgan fingerprint density at radius 1 is 1.30 bits per heavy atom. The van der Waals surface area contributed by atoms with Crippen molar-refractivity contribution in [3.05, 3.63) is 53.0 Å². The lowest BCUT2D eigenvalue weighted by Gasteiger charge is -2.13. The van der Waals surface area contributed by atoms with E-state index in [0.717, 1.165) is 11.1 Å². The highest BCUT2D eigenvalue weighted by Crippen LogP contribution is 2.29.